The van der Waals surface area contributed by atoms with Gasteiger partial charge >= 0.3 is 0 Å². The van der Waals surface area contributed by atoms with E-state index in [-0.39, 0.29) is 18.2 Å². The van der Waals surface area contributed by atoms with Crippen molar-refractivity contribution >= 4 is 29.1 Å². The molecule has 1 rings (SSSR count). The van der Waals surface area contributed by atoms with Crippen LogP contribution in [0.15, 0.2) is 18.2 Å². The van der Waals surface area contributed by atoms with Crippen LogP contribution in [0.25, 0.3) is 0 Å². The number of carbonyl (C=O) groups excluding carboxylic acids is 2. The van der Waals surface area contributed by atoms with Crippen molar-refractivity contribution in [1.82, 2.24) is 10.2 Å². The van der Waals surface area contributed by atoms with Gasteiger partial charge in [0, 0.05) is 37.1 Å². The fourth-order valence-electron chi connectivity index (χ4n) is 2.26. The maximum Gasteiger partial charge on any atom is 0.223 e. The highest BCUT2D eigenvalue weighted by atomic mass is 35.5. The second-order valence-corrected chi connectivity index (χ2v) is 6.22. The molecule has 23 heavy (non-hydrogen) atoms. The van der Waals surface area contributed by atoms with Crippen LogP contribution in [0.1, 0.15) is 25.3 Å². The Balaban J connectivity index is 2.56. The molecule has 0 unspecified atom stereocenters. The fraction of sp³-hybridized carbons (Fsp3) is 0.529. The monoisotopic (exact) mass is 339 g/mol. The van der Waals surface area contributed by atoms with Gasteiger partial charge in [-0.2, -0.15) is 0 Å². The number of nitrogens with zero attached hydrogens (tertiary/aromatic N) is 2. The minimum Gasteiger partial charge on any atom is -0.356 e. The Kier molecular flexibility index (Phi) is 8.06. The minimum atomic E-state index is -0.101. The van der Waals surface area contributed by atoms with Gasteiger partial charge in [0.05, 0.1) is 0 Å². The van der Waals surface area contributed by atoms with E-state index in [1.807, 2.05) is 33.2 Å². The summed E-state index contributed by atoms with van der Waals surface area (Å²) in [7, 11) is 4.00. The van der Waals surface area contributed by atoms with E-state index in [9.17, 15) is 9.59 Å². The quantitative estimate of drug-likeness (QED) is 0.740. The number of benzene rings is 1. The van der Waals surface area contributed by atoms with E-state index < -0.39 is 0 Å². The maximum absolute atomic E-state index is 11.9. The smallest absolute Gasteiger partial charge is 0.223 e. The Morgan fingerprint density at radius 2 is 1.91 bits per heavy atom. The summed E-state index contributed by atoms with van der Waals surface area (Å²) in [5, 5.41) is 3.49. The number of nitrogens with one attached hydrogen (secondary N) is 1. The molecule has 6 heteroatoms. The predicted molar refractivity (Wildman–Crippen MR) is 95.0 cm³/mol. The molecule has 128 valence electrons. The molecule has 1 aromatic rings. The molecule has 0 fully saturated rings. The number of halogens is 1. The first-order valence-electron chi connectivity index (χ1n) is 7.77. The first-order valence-corrected chi connectivity index (χ1v) is 8.15. The summed E-state index contributed by atoms with van der Waals surface area (Å²) in [6, 6.07) is 5.44. The van der Waals surface area contributed by atoms with E-state index >= 15 is 0 Å². The zero-order valence-electron chi connectivity index (χ0n) is 14.4. The lowest BCUT2D eigenvalue weighted by Crippen LogP contribution is -2.35. The maximum atomic E-state index is 11.9. The van der Waals surface area contributed by atoms with Gasteiger partial charge in [0.15, 0.2) is 0 Å². The zero-order chi connectivity index (χ0) is 17.4. The van der Waals surface area contributed by atoms with Gasteiger partial charge in [-0.25, -0.2) is 0 Å². The van der Waals surface area contributed by atoms with E-state index in [2.05, 4.69) is 10.2 Å². The molecule has 5 nitrogen and oxygen atoms in total. The topological polar surface area (TPSA) is 52.7 Å². The van der Waals surface area contributed by atoms with Gasteiger partial charge in [-0.15, -0.1) is 0 Å². The lowest BCUT2D eigenvalue weighted by Gasteiger charge is -2.23. The van der Waals surface area contributed by atoms with Crippen LogP contribution in [0.5, 0.6) is 0 Å². The Bertz CT molecular complexity index is 547. The van der Waals surface area contributed by atoms with Crippen molar-refractivity contribution in [2.45, 2.75) is 26.7 Å². The summed E-state index contributed by atoms with van der Waals surface area (Å²) in [5.41, 5.74) is 1.60. The second kappa shape index (κ2) is 9.53. The molecule has 0 saturated heterocycles. The Labute approximate surface area is 143 Å². The predicted octanol–water partition coefficient (Wildman–Crippen LogP) is 2.46. The molecule has 0 aliphatic carbocycles. The SMILES string of the molecule is CC(=O)N(CCC(=O)NCCCN(C)C)c1cccc(Cl)c1C. The summed E-state index contributed by atoms with van der Waals surface area (Å²) < 4.78 is 0. The van der Waals surface area contributed by atoms with Crippen LogP contribution in [0.4, 0.5) is 5.69 Å². The number of anilines is 1. The van der Waals surface area contributed by atoms with Gasteiger partial charge in [-0.1, -0.05) is 17.7 Å². The summed E-state index contributed by atoms with van der Waals surface area (Å²) in [5.74, 6) is -0.148. The van der Waals surface area contributed by atoms with Crippen molar-refractivity contribution in [1.29, 1.82) is 0 Å². The van der Waals surface area contributed by atoms with Gasteiger partial charge < -0.3 is 15.1 Å². The van der Waals surface area contributed by atoms with Crippen LogP contribution >= 0.6 is 11.6 Å². The van der Waals surface area contributed by atoms with Crippen molar-refractivity contribution < 1.29 is 9.59 Å². The highest BCUT2D eigenvalue weighted by Gasteiger charge is 2.16. The molecule has 0 bridgehead atoms. The van der Waals surface area contributed by atoms with Gasteiger partial charge in [0.1, 0.15) is 0 Å². The summed E-state index contributed by atoms with van der Waals surface area (Å²) >= 11 is 6.11. The van der Waals surface area contributed by atoms with Gasteiger partial charge in [0.25, 0.3) is 0 Å². The number of amides is 2. The second-order valence-electron chi connectivity index (χ2n) is 5.81. The molecule has 0 aliphatic rings. The van der Waals surface area contributed by atoms with Crippen LogP contribution in [-0.4, -0.2) is 50.4 Å². The molecule has 0 aromatic heterocycles. The van der Waals surface area contributed by atoms with Crippen LogP contribution in [0.3, 0.4) is 0 Å². The third kappa shape index (κ3) is 6.59. The van der Waals surface area contributed by atoms with Gasteiger partial charge in [-0.05, 0) is 51.7 Å². The number of hydrogen-bond donors (Lipinski definition) is 1. The number of rotatable bonds is 8. The van der Waals surface area contributed by atoms with Crippen LogP contribution in [0.2, 0.25) is 5.02 Å². The molecular weight excluding hydrogens is 314 g/mol. The average Bonchev–Trinajstić information content (AvgIpc) is 2.47. The van der Waals surface area contributed by atoms with Crippen molar-refractivity contribution in [2.24, 2.45) is 0 Å². The Hall–Kier alpha value is -1.59. The normalized spacial score (nSPS) is 10.7. The lowest BCUT2D eigenvalue weighted by molar-refractivity contribution is -0.121. The molecule has 1 N–H and O–H groups in total. The fourth-order valence-corrected chi connectivity index (χ4v) is 2.43. The molecule has 0 aliphatic heterocycles. The largest absolute Gasteiger partial charge is 0.356 e. The summed E-state index contributed by atoms with van der Waals surface area (Å²) in [4.78, 5) is 27.5. The number of hydrogen-bond acceptors (Lipinski definition) is 3. The zero-order valence-corrected chi connectivity index (χ0v) is 15.1. The van der Waals surface area contributed by atoms with Crippen LogP contribution in [0, 0.1) is 6.92 Å². The van der Waals surface area contributed by atoms with E-state index in [0.29, 0.717) is 18.1 Å². The van der Waals surface area contributed by atoms with Crippen molar-refractivity contribution in [3.05, 3.63) is 28.8 Å². The molecule has 0 spiro atoms. The third-order valence-corrected chi connectivity index (χ3v) is 3.99. The van der Waals surface area contributed by atoms with Gasteiger partial charge in [-0.3, -0.25) is 9.59 Å². The molecule has 0 saturated carbocycles. The Morgan fingerprint density at radius 1 is 1.22 bits per heavy atom. The van der Waals surface area contributed by atoms with Crippen molar-refractivity contribution in [2.75, 3.05) is 38.6 Å². The average molecular weight is 340 g/mol. The third-order valence-electron chi connectivity index (χ3n) is 3.58. The minimum absolute atomic E-state index is 0.0466. The van der Waals surface area contributed by atoms with E-state index in [1.165, 1.54) is 6.92 Å². The van der Waals surface area contributed by atoms with E-state index in [0.717, 1.165) is 24.2 Å². The highest BCUT2D eigenvalue weighted by Crippen LogP contribution is 2.26. The van der Waals surface area contributed by atoms with Crippen molar-refractivity contribution in [3.63, 3.8) is 0 Å². The first kappa shape index (κ1) is 19.5. The lowest BCUT2D eigenvalue weighted by atomic mass is 10.1. The first-order chi connectivity index (χ1) is 10.8. The molecular formula is C17H26ClN3O2. The van der Waals surface area contributed by atoms with Gasteiger partial charge in [0.2, 0.25) is 11.8 Å². The molecule has 2 amide bonds. The molecule has 0 radical (unpaired) electrons. The standard InChI is InChI=1S/C17H26ClN3O2/c1-13-15(18)7-5-8-16(13)21(14(2)22)12-9-17(23)19-10-6-11-20(3)4/h5,7-8H,6,9-12H2,1-4H3,(H,19,23). The molecule has 1 aromatic carbocycles. The molecule has 0 atom stereocenters. The Morgan fingerprint density at radius 3 is 2.52 bits per heavy atom. The number of carbonyl (C=O) groups is 2. The van der Waals surface area contributed by atoms with Crippen molar-refractivity contribution in [3.8, 4) is 0 Å². The summed E-state index contributed by atoms with van der Waals surface area (Å²) in [6.45, 7) is 5.29. The summed E-state index contributed by atoms with van der Waals surface area (Å²) in [6.07, 6.45) is 1.18. The molecule has 0 heterocycles. The van der Waals surface area contributed by atoms with Crippen LogP contribution < -0.4 is 10.2 Å². The van der Waals surface area contributed by atoms with Crippen LogP contribution in [-0.2, 0) is 9.59 Å². The highest BCUT2D eigenvalue weighted by molar-refractivity contribution is 6.31. The van der Waals surface area contributed by atoms with E-state index in [1.54, 1.807) is 11.0 Å². The van der Waals surface area contributed by atoms with E-state index in [4.69, 9.17) is 11.6 Å².